The minimum atomic E-state index is -0.978. The zero-order valence-corrected chi connectivity index (χ0v) is 16.5. The minimum Gasteiger partial charge on any atom is -0.444 e. The van der Waals surface area contributed by atoms with E-state index in [1.54, 1.807) is 12.4 Å². The number of rotatable bonds is 2. The molecular weight excluding hydrogens is 344 g/mol. The first kappa shape index (κ1) is 18.5. The number of anilines is 1. The van der Waals surface area contributed by atoms with Gasteiger partial charge in [0.1, 0.15) is 5.60 Å². The summed E-state index contributed by atoms with van der Waals surface area (Å²) in [6.07, 6.45) is 8.45. The Labute approximate surface area is 160 Å². The summed E-state index contributed by atoms with van der Waals surface area (Å²) in [6, 6.07) is 0.00344. The lowest BCUT2D eigenvalue weighted by Crippen LogP contribution is -2.53. The highest BCUT2D eigenvalue weighted by Gasteiger charge is 2.51. The quantitative estimate of drug-likeness (QED) is 0.858. The van der Waals surface area contributed by atoms with Crippen molar-refractivity contribution in [2.45, 2.75) is 82.6 Å². The van der Waals surface area contributed by atoms with E-state index in [1.807, 2.05) is 25.7 Å². The summed E-state index contributed by atoms with van der Waals surface area (Å²) in [5.74, 6) is 0.744. The second-order valence-electron chi connectivity index (χ2n) is 9.18. The highest BCUT2D eigenvalue weighted by Crippen LogP contribution is 2.46. The van der Waals surface area contributed by atoms with Crippen LogP contribution in [-0.4, -0.2) is 56.8 Å². The normalized spacial score (nSPS) is 30.7. The van der Waals surface area contributed by atoms with Crippen LogP contribution in [0.1, 0.15) is 64.9 Å². The zero-order valence-electron chi connectivity index (χ0n) is 16.5. The van der Waals surface area contributed by atoms with Gasteiger partial charge in [0.05, 0.1) is 5.60 Å². The standard InChI is InChI=1S/C20H30N4O3/c1-19(2,3)27-18(25)24-15-6-7-16(24)11-20(26,10-15)14-12-21-17(22-13-14)23-8-4-5-9-23/h12-13,15-16,26H,4-11H2,1-3H3. The second-order valence-corrected chi connectivity index (χ2v) is 9.18. The lowest BCUT2D eigenvalue weighted by atomic mass is 9.82. The SMILES string of the molecule is CC(C)(C)OC(=O)N1C2CCC1CC(O)(c1cnc(N3CCCC3)nc1)C2. The molecule has 0 saturated carbocycles. The van der Waals surface area contributed by atoms with Crippen molar-refractivity contribution in [3.05, 3.63) is 18.0 Å². The van der Waals surface area contributed by atoms with E-state index in [1.165, 1.54) is 12.8 Å². The van der Waals surface area contributed by atoms with Crippen molar-refractivity contribution in [2.75, 3.05) is 18.0 Å². The summed E-state index contributed by atoms with van der Waals surface area (Å²) in [5, 5.41) is 11.3. The molecule has 3 fully saturated rings. The number of amides is 1. The van der Waals surface area contributed by atoms with Gasteiger partial charge in [0.2, 0.25) is 5.95 Å². The largest absolute Gasteiger partial charge is 0.444 e. The van der Waals surface area contributed by atoms with Crippen LogP contribution in [0.4, 0.5) is 10.7 Å². The average Bonchev–Trinajstić information content (AvgIpc) is 3.21. The zero-order chi connectivity index (χ0) is 19.2. The van der Waals surface area contributed by atoms with Gasteiger partial charge < -0.3 is 19.6 Å². The van der Waals surface area contributed by atoms with Gasteiger partial charge in [-0.05, 0) is 46.5 Å². The number of piperidine rings is 1. The predicted molar refractivity (Wildman–Crippen MR) is 101 cm³/mol. The number of nitrogens with zero attached hydrogens (tertiary/aromatic N) is 4. The molecule has 3 aliphatic rings. The molecule has 1 N–H and O–H groups in total. The molecule has 2 atom stereocenters. The maximum Gasteiger partial charge on any atom is 0.410 e. The lowest BCUT2D eigenvalue weighted by molar-refractivity contribution is -0.0627. The number of carbonyl (C=O) groups excluding carboxylic acids is 1. The predicted octanol–water partition coefficient (Wildman–Crippen LogP) is 2.83. The highest BCUT2D eigenvalue weighted by molar-refractivity contribution is 5.69. The van der Waals surface area contributed by atoms with Crippen LogP contribution < -0.4 is 4.90 Å². The number of hydrogen-bond donors (Lipinski definition) is 1. The Balaban J connectivity index is 1.49. The van der Waals surface area contributed by atoms with E-state index in [-0.39, 0.29) is 18.2 Å². The van der Waals surface area contributed by atoms with Crippen molar-refractivity contribution in [3.63, 3.8) is 0 Å². The summed E-state index contributed by atoms with van der Waals surface area (Å²) >= 11 is 0. The minimum absolute atomic E-state index is 0.00172. The van der Waals surface area contributed by atoms with Gasteiger partial charge in [-0.1, -0.05) is 0 Å². The average molecular weight is 374 g/mol. The van der Waals surface area contributed by atoms with Crippen LogP contribution in [-0.2, 0) is 10.3 Å². The summed E-state index contributed by atoms with van der Waals surface area (Å²) in [7, 11) is 0. The number of hydrogen-bond acceptors (Lipinski definition) is 6. The van der Waals surface area contributed by atoms with Gasteiger partial charge in [-0.3, -0.25) is 0 Å². The van der Waals surface area contributed by atoms with Gasteiger partial charge >= 0.3 is 6.09 Å². The van der Waals surface area contributed by atoms with Crippen molar-refractivity contribution >= 4 is 12.0 Å². The summed E-state index contributed by atoms with van der Waals surface area (Å²) < 4.78 is 5.58. The fraction of sp³-hybridized carbons (Fsp3) is 0.750. The number of carbonyl (C=O) groups is 1. The fourth-order valence-electron chi connectivity index (χ4n) is 4.72. The molecule has 27 heavy (non-hydrogen) atoms. The third-order valence-corrected chi connectivity index (χ3v) is 5.94. The Hall–Kier alpha value is -1.89. The third-order valence-electron chi connectivity index (χ3n) is 5.94. The van der Waals surface area contributed by atoms with Crippen molar-refractivity contribution in [2.24, 2.45) is 0 Å². The van der Waals surface area contributed by atoms with Crippen LogP contribution in [0.25, 0.3) is 0 Å². The van der Waals surface area contributed by atoms with Crippen molar-refractivity contribution in [3.8, 4) is 0 Å². The third kappa shape index (κ3) is 3.61. The number of aromatic nitrogens is 2. The van der Waals surface area contributed by atoms with Gasteiger partial charge in [-0.2, -0.15) is 0 Å². The Kier molecular flexibility index (Phi) is 4.53. The maximum absolute atomic E-state index is 12.6. The van der Waals surface area contributed by atoms with Gasteiger partial charge in [-0.15, -0.1) is 0 Å². The van der Waals surface area contributed by atoms with E-state index in [2.05, 4.69) is 14.9 Å². The van der Waals surface area contributed by atoms with Gasteiger partial charge in [-0.25, -0.2) is 14.8 Å². The number of aliphatic hydroxyl groups is 1. The van der Waals surface area contributed by atoms with Crippen LogP contribution in [0.15, 0.2) is 12.4 Å². The Morgan fingerprint density at radius 1 is 1.15 bits per heavy atom. The fourth-order valence-corrected chi connectivity index (χ4v) is 4.72. The molecule has 7 heteroatoms. The smallest absolute Gasteiger partial charge is 0.410 e. The Morgan fingerprint density at radius 3 is 2.22 bits per heavy atom. The number of fused-ring (bicyclic) bond motifs is 2. The second kappa shape index (κ2) is 6.62. The summed E-state index contributed by atoms with van der Waals surface area (Å²) in [4.78, 5) is 25.6. The Morgan fingerprint density at radius 2 is 1.70 bits per heavy atom. The van der Waals surface area contributed by atoms with E-state index in [0.29, 0.717) is 12.8 Å². The molecule has 3 saturated heterocycles. The van der Waals surface area contributed by atoms with Gasteiger partial charge in [0, 0.05) is 56.0 Å². The molecule has 3 aliphatic heterocycles. The molecule has 7 nitrogen and oxygen atoms in total. The first-order valence-electron chi connectivity index (χ1n) is 10.1. The Bertz CT molecular complexity index is 680. The molecule has 2 unspecified atom stereocenters. The topological polar surface area (TPSA) is 78.8 Å². The van der Waals surface area contributed by atoms with E-state index in [9.17, 15) is 9.90 Å². The molecule has 1 amide bonds. The molecule has 0 spiro atoms. The van der Waals surface area contributed by atoms with Crippen LogP contribution in [0.5, 0.6) is 0 Å². The van der Waals surface area contributed by atoms with Crippen molar-refractivity contribution < 1.29 is 14.6 Å². The van der Waals surface area contributed by atoms with Crippen molar-refractivity contribution in [1.82, 2.24) is 14.9 Å². The molecule has 4 heterocycles. The first-order valence-corrected chi connectivity index (χ1v) is 10.1. The summed E-state index contributed by atoms with van der Waals surface area (Å²) in [5.41, 5.74) is -0.733. The molecule has 2 bridgehead atoms. The molecule has 0 aromatic carbocycles. The summed E-state index contributed by atoms with van der Waals surface area (Å²) in [6.45, 7) is 7.64. The van der Waals surface area contributed by atoms with Crippen LogP contribution in [0.3, 0.4) is 0 Å². The van der Waals surface area contributed by atoms with E-state index in [0.717, 1.165) is 37.4 Å². The van der Waals surface area contributed by atoms with Crippen LogP contribution >= 0.6 is 0 Å². The monoisotopic (exact) mass is 374 g/mol. The van der Waals surface area contributed by atoms with Crippen LogP contribution in [0.2, 0.25) is 0 Å². The van der Waals surface area contributed by atoms with Gasteiger partial charge in [0.15, 0.2) is 0 Å². The molecule has 0 aliphatic carbocycles. The molecule has 1 aromatic rings. The lowest BCUT2D eigenvalue weighted by Gasteiger charge is -2.43. The van der Waals surface area contributed by atoms with E-state index < -0.39 is 11.2 Å². The van der Waals surface area contributed by atoms with Crippen molar-refractivity contribution in [1.29, 1.82) is 0 Å². The first-order chi connectivity index (χ1) is 12.8. The molecule has 4 rings (SSSR count). The molecule has 0 radical (unpaired) electrons. The van der Waals surface area contributed by atoms with Crippen LogP contribution in [0, 0.1) is 0 Å². The van der Waals surface area contributed by atoms with E-state index in [4.69, 9.17) is 4.74 Å². The number of ether oxygens (including phenoxy) is 1. The molecule has 148 valence electrons. The van der Waals surface area contributed by atoms with Gasteiger partial charge in [0.25, 0.3) is 0 Å². The highest BCUT2D eigenvalue weighted by atomic mass is 16.6. The van der Waals surface area contributed by atoms with E-state index >= 15 is 0 Å². The maximum atomic E-state index is 12.6. The molecular formula is C20H30N4O3. The molecule has 1 aromatic heterocycles.